The van der Waals surface area contributed by atoms with E-state index in [-0.39, 0.29) is 6.10 Å². The van der Waals surface area contributed by atoms with E-state index in [2.05, 4.69) is 0 Å². The average molecular weight is 242 g/mol. The normalized spacial score (nSPS) is 23.4. The van der Waals surface area contributed by atoms with Crippen molar-refractivity contribution in [2.75, 3.05) is 7.11 Å². The molecule has 2 atom stereocenters. The van der Waals surface area contributed by atoms with Crippen LogP contribution < -0.4 is 10.5 Å². The molecule has 16 heavy (non-hydrogen) atoms. The number of ether oxygens (including phenoxy) is 2. The van der Waals surface area contributed by atoms with E-state index in [1.54, 1.807) is 25.3 Å². The van der Waals surface area contributed by atoms with Crippen LogP contribution in [0.1, 0.15) is 18.1 Å². The predicted molar refractivity (Wildman–Crippen MR) is 59.4 cm³/mol. The molecule has 0 bridgehead atoms. The molecule has 1 aromatic rings. The minimum atomic E-state index is -0.640. The minimum Gasteiger partial charge on any atom is -0.480 e. The summed E-state index contributed by atoms with van der Waals surface area (Å²) in [4.78, 5) is 11.1. The van der Waals surface area contributed by atoms with Crippen LogP contribution in [0.5, 0.6) is 5.75 Å². The van der Waals surface area contributed by atoms with Gasteiger partial charge in [0.05, 0.1) is 6.10 Å². The molecule has 0 fully saturated rings. The van der Waals surface area contributed by atoms with Gasteiger partial charge in [-0.05, 0) is 18.2 Å². The SMILES string of the molecule is COC1CC(C(N)=O)Oc2ccc(Cl)cc21. The maximum absolute atomic E-state index is 11.1. The summed E-state index contributed by atoms with van der Waals surface area (Å²) < 4.78 is 10.8. The van der Waals surface area contributed by atoms with E-state index < -0.39 is 12.0 Å². The number of hydrogen-bond acceptors (Lipinski definition) is 3. The summed E-state index contributed by atoms with van der Waals surface area (Å²) in [5.41, 5.74) is 6.08. The first-order valence-corrected chi connectivity index (χ1v) is 5.28. The molecule has 1 aromatic carbocycles. The Morgan fingerprint density at radius 3 is 3.00 bits per heavy atom. The van der Waals surface area contributed by atoms with Gasteiger partial charge in [0.25, 0.3) is 5.91 Å². The summed E-state index contributed by atoms with van der Waals surface area (Å²) in [6, 6.07) is 5.21. The standard InChI is InChI=1S/C11H12ClNO3/c1-15-9-5-10(11(13)14)16-8-3-2-6(12)4-7(8)9/h2-4,9-10H,5H2,1H3,(H2,13,14). The molecule has 4 nitrogen and oxygen atoms in total. The molecule has 1 aliphatic rings. The highest BCUT2D eigenvalue weighted by atomic mass is 35.5. The van der Waals surface area contributed by atoms with Gasteiger partial charge in [0.2, 0.25) is 0 Å². The minimum absolute atomic E-state index is 0.208. The van der Waals surface area contributed by atoms with Gasteiger partial charge >= 0.3 is 0 Å². The summed E-state index contributed by atoms with van der Waals surface area (Å²) in [5.74, 6) is 0.119. The van der Waals surface area contributed by atoms with Crippen LogP contribution in [0.15, 0.2) is 18.2 Å². The van der Waals surface area contributed by atoms with Crippen LogP contribution in [-0.2, 0) is 9.53 Å². The molecule has 0 radical (unpaired) electrons. The number of primary amides is 1. The molecule has 5 heteroatoms. The molecule has 1 amide bonds. The van der Waals surface area contributed by atoms with Crippen molar-refractivity contribution in [1.29, 1.82) is 0 Å². The van der Waals surface area contributed by atoms with Gasteiger partial charge in [0, 0.05) is 24.1 Å². The van der Waals surface area contributed by atoms with Crippen molar-refractivity contribution in [1.82, 2.24) is 0 Å². The second-order valence-electron chi connectivity index (χ2n) is 3.65. The van der Waals surface area contributed by atoms with Crippen molar-refractivity contribution >= 4 is 17.5 Å². The zero-order valence-electron chi connectivity index (χ0n) is 8.77. The first-order valence-electron chi connectivity index (χ1n) is 4.90. The first kappa shape index (κ1) is 11.2. The Morgan fingerprint density at radius 1 is 1.62 bits per heavy atom. The Balaban J connectivity index is 2.38. The molecule has 1 aliphatic heterocycles. The lowest BCUT2D eigenvalue weighted by atomic mass is 9.98. The van der Waals surface area contributed by atoms with Crippen molar-refractivity contribution in [3.05, 3.63) is 28.8 Å². The van der Waals surface area contributed by atoms with E-state index in [0.29, 0.717) is 17.2 Å². The maximum Gasteiger partial charge on any atom is 0.258 e. The van der Waals surface area contributed by atoms with E-state index in [0.717, 1.165) is 5.56 Å². The second kappa shape index (κ2) is 4.31. The monoisotopic (exact) mass is 241 g/mol. The largest absolute Gasteiger partial charge is 0.480 e. The molecular formula is C11H12ClNO3. The molecule has 0 aromatic heterocycles. The molecule has 0 saturated carbocycles. The zero-order chi connectivity index (χ0) is 11.7. The van der Waals surface area contributed by atoms with E-state index >= 15 is 0 Å². The van der Waals surface area contributed by atoms with Crippen LogP contribution in [0.2, 0.25) is 5.02 Å². The van der Waals surface area contributed by atoms with Crippen LogP contribution in [-0.4, -0.2) is 19.1 Å². The fourth-order valence-electron chi connectivity index (χ4n) is 1.80. The Labute approximate surface area is 98.3 Å². The highest BCUT2D eigenvalue weighted by Gasteiger charge is 2.31. The van der Waals surface area contributed by atoms with E-state index in [9.17, 15) is 4.79 Å². The molecule has 0 saturated heterocycles. The summed E-state index contributed by atoms with van der Waals surface area (Å²) in [5, 5.41) is 0.613. The Morgan fingerprint density at radius 2 is 2.38 bits per heavy atom. The molecular weight excluding hydrogens is 230 g/mol. The summed E-state index contributed by atoms with van der Waals surface area (Å²) in [6.07, 6.45) is -0.433. The number of amides is 1. The quantitative estimate of drug-likeness (QED) is 0.857. The number of methoxy groups -OCH3 is 1. The summed E-state index contributed by atoms with van der Waals surface area (Å²) in [6.45, 7) is 0. The van der Waals surface area contributed by atoms with Crippen molar-refractivity contribution in [2.24, 2.45) is 5.73 Å². The first-order chi connectivity index (χ1) is 7.61. The predicted octanol–water partition coefficient (Wildman–Crippen LogP) is 1.66. The Kier molecular flexibility index (Phi) is 3.03. The fourth-order valence-corrected chi connectivity index (χ4v) is 1.98. The van der Waals surface area contributed by atoms with Crippen LogP contribution >= 0.6 is 11.6 Å². The van der Waals surface area contributed by atoms with Gasteiger partial charge in [0.15, 0.2) is 6.10 Å². The van der Waals surface area contributed by atoms with Gasteiger partial charge in [-0.3, -0.25) is 4.79 Å². The van der Waals surface area contributed by atoms with Gasteiger partial charge in [-0.1, -0.05) is 11.6 Å². The van der Waals surface area contributed by atoms with Crippen LogP contribution in [0.3, 0.4) is 0 Å². The van der Waals surface area contributed by atoms with Crippen molar-refractivity contribution in [3.8, 4) is 5.75 Å². The second-order valence-corrected chi connectivity index (χ2v) is 4.09. The molecule has 2 unspecified atom stereocenters. The van der Waals surface area contributed by atoms with Gasteiger partial charge in [-0.25, -0.2) is 0 Å². The van der Waals surface area contributed by atoms with Crippen molar-refractivity contribution in [2.45, 2.75) is 18.6 Å². The summed E-state index contributed by atoms with van der Waals surface area (Å²) in [7, 11) is 1.58. The molecule has 1 heterocycles. The third kappa shape index (κ3) is 1.99. The third-order valence-electron chi connectivity index (χ3n) is 2.62. The van der Waals surface area contributed by atoms with E-state index in [4.69, 9.17) is 26.8 Å². The smallest absolute Gasteiger partial charge is 0.258 e. The molecule has 0 spiro atoms. The number of fused-ring (bicyclic) bond motifs is 1. The molecule has 2 N–H and O–H groups in total. The summed E-state index contributed by atoms with van der Waals surface area (Å²) >= 11 is 5.90. The van der Waals surface area contributed by atoms with Crippen LogP contribution in [0.25, 0.3) is 0 Å². The number of carbonyl (C=O) groups excluding carboxylic acids is 1. The molecule has 2 rings (SSSR count). The van der Waals surface area contributed by atoms with Crippen molar-refractivity contribution < 1.29 is 14.3 Å². The third-order valence-corrected chi connectivity index (χ3v) is 2.85. The zero-order valence-corrected chi connectivity index (χ0v) is 9.53. The number of carbonyl (C=O) groups is 1. The number of rotatable bonds is 2. The lowest BCUT2D eigenvalue weighted by Gasteiger charge is -2.29. The average Bonchev–Trinajstić information content (AvgIpc) is 2.27. The molecule has 86 valence electrons. The topological polar surface area (TPSA) is 61.5 Å². The van der Waals surface area contributed by atoms with Gasteiger partial charge in [-0.2, -0.15) is 0 Å². The van der Waals surface area contributed by atoms with E-state index in [1.807, 2.05) is 0 Å². The number of benzene rings is 1. The van der Waals surface area contributed by atoms with Crippen LogP contribution in [0, 0.1) is 0 Å². The number of hydrogen-bond donors (Lipinski definition) is 1. The highest BCUT2D eigenvalue weighted by Crippen LogP contribution is 2.38. The lowest BCUT2D eigenvalue weighted by molar-refractivity contribution is -0.127. The highest BCUT2D eigenvalue weighted by molar-refractivity contribution is 6.30. The van der Waals surface area contributed by atoms with E-state index in [1.165, 1.54) is 0 Å². The van der Waals surface area contributed by atoms with Gasteiger partial charge in [-0.15, -0.1) is 0 Å². The van der Waals surface area contributed by atoms with Crippen molar-refractivity contribution in [3.63, 3.8) is 0 Å². The van der Waals surface area contributed by atoms with Crippen LogP contribution in [0.4, 0.5) is 0 Å². The maximum atomic E-state index is 11.1. The van der Waals surface area contributed by atoms with Gasteiger partial charge in [0.1, 0.15) is 5.75 Å². The Bertz CT molecular complexity index is 422. The molecule has 0 aliphatic carbocycles. The Hall–Kier alpha value is -1.26. The number of halogens is 1. The number of nitrogens with two attached hydrogens (primary N) is 1. The fraction of sp³-hybridized carbons (Fsp3) is 0.364. The lowest BCUT2D eigenvalue weighted by Crippen LogP contribution is -2.38. The van der Waals surface area contributed by atoms with Gasteiger partial charge < -0.3 is 15.2 Å².